The van der Waals surface area contributed by atoms with Crippen LogP contribution >= 0.6 is 0 Å². The first-order chi connectivity index (χ1) is 35.3. The van der Waals surface area contributed by atoms with E-state index in [1.165, 1.54) is 11.1 Å². The Kier molecular flexibility index (Phi) is 18.6. The molecule has 5 aliphatic carbocycles. The second-order valence-electron chi connectivity index (χ2n) is 23.2. The number of anilines is 1. The van der Waals surface area contributed by atoms with Crippen molar-refractivity contribution in [2.45, 2.75) is 187 Å². The van der Waals surface area contributed by atoms with Crippen molar-refractivity contribution in [1.82, 2.24) is 21.3 Å². The first-order valence-corrected chi connectivity index (χ1v) is 27.6. The Hall–Kier alpha value is -5.48. The lowest BCUT2D eigenvalue weighted by molar-refractivity contribution is -0.149. The molecule has 2 aromatic carbocycles. The lowest BCUT2D eigenvalue weighted by Gasteiger charge is -2.55. The number of nitrogens with one attached hydrogen (secondary N) is 5. The molecule has 0 radical (unpaired) electrons. The maximum absolute atomic E-state index is 14.6. The third-order valence-electron chi connectivity index (χ3n) is 17.8. The standard InChI is InChI=1S/C58H84N8O8/c1-35(2)50(64-52(70)45(59)17-11-12-30-61-49(69)34-74-46-18-10-8-9-15-36(3)51(46)66-60-7)53(71)62-33-48(68)63-39-23-19-38-22-26-47-56(4,44(38)31-39)28-14-29-58(47,6)55(73)65-54(72)57(5)27-13-16-41-42-32-40(67)24-20-37(42)21-25-43(41)57/h19-20,23-24,31-32,35,41,43,45-47,50,67H,8-18,21-22,25-30,33-34,59H2,1-7H3,(H,61,69)(H,62,71)(H,63,68)(H,64,70)(H,65,72,73)/b51-36+,66-60-/t41?,43?,45?,46?,47?,50?,56?,57?,58-/m0/s1. The normalized spacial score (nSPS) is 28.4. The van der Waals surface area contributed by atoms with Gasteiger partial charge in [0.25, 0.3) is 0 Å². The molecular formula is C58H84N8O8. The van der Waals surface area contributed by atoms with Crippen LogP contribution in [0.15, 0.2) is 57.9 Å². The van der Waals surface area contributed by atoms with Gasteiger partial charge in [-0.3, -0.25) is 34.1 Å². The molecule has 8 N–H and O–H groups in total. The number of nitrogens with zero attached hydrogens (tertiary/aromatic N) is 2. The molecule has 0 heterocycles. The van der Waals surface area contributed by atoms with Crippen LogP contribution in [0.25, 0.3) is 0 Å². The SMILES string of the molecule is C/N=N\C1=C(/C)CCCCCC1OCC(=O)NCCCCC(N)C(=O)NC(C(=O)NCC(=O)Nc1ccc2c(c1)C1(C)CCC[C@](C)(C(=O)NC(=O)C3(C)CCCC4c5cc(O)ccc5CCC43)C1CC2)C(C)C. The van der Waals surface area contributed by atoms with Crippen molar-refractivity contribution in [2.75, 3.05) is 32.1 Å². The largest absolute Gasteiger partial charge is 0.508 e. The predicted molar refractivity (Wildman–Crippen MR) is 285 cm³/mol. The van der Waals surface area contributed by atoms with E-state index in [0.29, 0.717) is 44.3 Å². The van der Waals surface area contributed by atoms with Crippen molar-refractivity contribution >= 4 is 41.1 Å². The third kappa shape index (κ3) is 12.6. The van der Waals surface area contributed by atoms with Crippen LogP contribution in [0.5, 0.6) is 5.75 Å². The molecule has 0 saturated heterocycles. The van der Waals surface area contributed by atoms with E-state index >= 15 is 0 Å². The number of phenols is 1. The first kappa shape index (κ1) is 56.3. The molecule has 404 valence electrons. The smallest absolute Gasteiger partial charge is 0.246 e. The Morgan fingerprint density at radius 2 is 1.54 bits per heavy atom. The molecule has 9 atom stereocenters. The van der Waals surface area contributed by atoms with Crippen molar-refractivity contribution in [3.05, 3.63) is 69.9 Å². The maximum atomic E-state index is 14.6. The summed E-state index contributed by atoms with van der Waals surface area (Å²) >= 11 is 0. The van der Waals surface area contributed by atoms with Crippen LogP contribution in [0.3, 0.4) is 0 Å². The fourth-order valence-corrected chi connectivity index (χ4v) is 13.6. The Bertz CT molecular complexity index is 2470. The van der Waals surface area contributed by atoms with Crippen LogP contribution in [0.1, 0.15) is 172 Å². The zero-order valence-corrected chi connectivity index (χ0v) is 45.1. The number of ether oxygens (including phenoxy) is 1. The summed E-state index contributed by atoms with van der Waals surface area (Å²) in [5.41, 5.74) is 11.5. The lowest BCUT2D eigenvalue weighted by Crippen LogP contribution is -2.58. The monoisotopic (exact) mass is 1020 g/mol. The van der Waals surface area contributed by atoms with Crippen LogP contribution in [0, 0.1) is 28.6 Å². The summed E-state index contributed by atoms with van der Waals surface area (Å²) in [5.74, 6) is -1.89. The van der Waals surface area contributed by atoms with E-state index in [4.69, 9.17) is 10.5 Å². The minimum Gasteiger partial charge on any atom is -0.508 e. The number of unbranched alkanes of at least 4 members (excludes halogenated alkanes) is 1. The van der Waals surface area contributed by atoms with Crippen molar-refractivity contribution < 1.29 is 38.6 Å². The van der Waals surface area contributed by atoms with Gasteiger partial charge in [0.05, 0.1) is 29.1 Å². The molecule has 16 nitrogen and oxygen atoms in total. The van der Waals surface area contributed by atoms with E-state index in [1.54, 1.807) is 27.0 Å². The summed E-state index contributed by atoms with van der Waals surface area (Å²) in [4.78, 5) is 81.7. The highest BCUT2D eigenvalue weighted by molar-refractivity contribution is 6.01. The number of nitrogens with two attached hydrogens (primary N) is 1. The summed E-state index contributed by atoms with van der Waals surface area (Å²) in [7, 11) is 1.63. The van der Waals surface area contributed by atoms with E-state index < -0.39 is 46.1 Å². The topological polar surface area (TPSA) is 243 Å². The van der Waals surface area contributed by atoms with E-state index in [1.807, 2.05) is 51.1 Å². The molecule has 6 amide bonds. The molecule has 74 heavy (non-hydrogen) atoms. The number of carbonyl (C=O) groups excluding carboxylic acids is 6. The second-order valence-corrected chi connectivity index (χ2v) is 23.2. The third-order valence-corrected chi connectivity index (χ3v) is 17.8. The first-order valence-electron chi connectivity index (χ1n) is 27.6. The van der Waals surface area contributed by atoms with Gasteiger partial charge in [0.15, 0.2) is 0 Å². The fraction of sp³-hybridized carbons (Fsp3) is 0.655. The Morgan fingerprint density at radius 1 is 0.797 bits per heavy atom. The minimum atomic E-state index is -0.923. The zero-order chi connectivity index (χ0) is 53.4. The highest BCUT2D eigenvalue weighted by Crippen LogP contribution is 2.58. The number of allylic oxidation sites excluding steroid dienone is 1. The second kappa shape index (κ2) is 24.5. The van der Waals surface area contributed by atoms with Gasteiger partial charge in [-0.25, -0.2) is 0 Å². The summed E-state index contributed by atoms with van der Waals surface area (Å²) in [5, 5.41) is 32.9. The Morgan fingerprint density at radius 3 is 2.31 bits per heavy atom. The van der Waals surface area contributed by atoms with Gasteiger partial charge in [-0.05, 0) is 178 Å². The highest BCUT2D eigenvalue weighted by atomic mass is 16.5. The summed E-state index contributed by atoms with van der Waals surface area (Å²) in [6.07, 6.45) is 14.3. The number of hydrogen-bond acceptors (Lipinski definition) is 11. The summed E-state index contributed by atoms with van der Waals surface area (Å²) < 4.78 is 5.99. The number of benzene rings is 2. The Balaban J connectivity index is 0.871. The fourth-order valence-electron chi connectivity index (χ4n) is 13.6. The van der Waals surface area contributed by atoms with Gasteiger partial charge in [0.1, 0.15) is 24.5 Å². The van der Waals surface area contributed by atoms with Gasteiger partial charge in [-0.2, -0.15) is 10.2 Å². The van der Waals surface area contributed by atoms with Crippen molar-refractivity contribution in [1.29, 1.82) is 0 Å². The predicted octanol–water partition coefficient (Wildman–Crippen LogP) is 8.10. The van der Waals surface area contributed by atoms with Gasteiger partial charge < -0.3 is 36.8 Å². The highest BCUT2D eigenvalue weighted by Gasteiger charge is 2.57. The summed E-state index contributed by atoms with van der Waals surface area (Å²) in [6, 6.07) is 9.74. The molecule has 0 spiro atoms. The molecule has 5 aliphatic rings. The Labute approximate surface area is 438 Å². The number of fused-ring (bicyclic) bond motifs is 6. The van der Waals surface area contributed by atoms with Crippen LogP contribution in [0.4, 0.5) is 5.69 Å². The maximum Gasteiger partial charge on any atom is 0.246 e. The van der Waals surface area contributed by atoms with Crippen LogP contribution in [0.2, 0.25) is 0 Å². The number of imide groups is 1. The number of azo groups is 1. The number of amides is 6. The van der Waals surface area contributed by atoms with Gasteiger partial charge in [0.2, 0.25) is 35.4 Å². The molecule has 2 saturated carbocycles. The molecule has 2 aromatic rings. The molecule has 0 bridgehead atoms. The molecule has 8 unspecified atom stereocenters. The molecule has 0 aliphatic heterocycles. The van der Waals surface area contributed by atoms with E-state index in [2.05, 4.69) is 43.7 Å². The zero-order valence-electron chi connectivity index (χ0n) is 45.1. The number of rotatable bonds is 18. The number of carbonyl (C=O) groups is 6. The molecule has 7 rings (SSSR count). The molecule has 2 fully saturated rings. The van der Waals surface area contributed by atoms with Crippen molar-refractivity contribution in [3.8, 4) is 5.75 Å². The average molecular weight is 1020 g/mol. The quantitative estimate of drug-likeness (QED) is 0.0433. The average Bonchev–Trinajstić information content (AvgIpc) is 3.36. The minimum absolute atomic E-state index is 0.0445. The van der Waals surface area contributed by atoms with Gasteiger partial charge in [0, 0.05) is 19.3 Å². The molecular weight excluding hydrogens is 937 g/mol. The van der Waals surface area contributed by atoms with Crippen LogP contribution in [-0.4, -0.2) is 85.5 Å². The summed E-state index contributed by atoms with van der Waals surface area (Å²) in [6.45, 7) is 11.9. The van der Waals surface area contributed by atoms with Crippen LogP contribution < -0.4 is 32.3 Å². The van der Waals surface area contributed by atoms with Gasteiger partial charge >= 0.3 is 0 Å². The van der Waals surface area contributed by atoms with E-state index in [-0.39, 0.29) is 66.4 Å². The molecule has 16 heteroatoms. The lowest BCUT2D eigenvalue weighted by atomic mass is 9.49. The van der Waals surface area contributed by atoms with Crippen LogP contribution in [-0.2, 0) is 51.8 Å². The number of aromatic hydroxyl groups is 1. The number of aryl methyl sites for hydroxylation is 2. The number of phenolic OH excluding ortho intramolecular Hbond substituents is 1. The van der Waals surface area contributed by atoms with Gasteiger partial charge in [-0.15, -0.1) is 0 Å². The molecule has 0 aromatic heterocycles. The van der Waals surface area contributed by atoms with Crippen molar-refractivity contribution in [3.63, 3.8) is 0 Å². The number of hydrogen-bond donors (Lipinski definition) is 7. The van der Waals surface area contributed by atoms with E-state index in [9.17, 15) is 33.9 Å². The van der Waals surface area contributed by atoms with Gasteiger partial charge in [-0.1, -0.05) is 72.4 Å². The van der Waals surface area contributed by atoms with E-state index in [0.717, 1.165) is 106 Å². The van der Waals surface area contributed by atoms with Crippen molar-refractivity contribution in [2.24, 2.45) is 44.5 Å².